The number of hydrogen-bond acceptors (Lipinski definition) is 4. The molecule has 0 radical (unpaired) electrons. The smallest absolute Gasteiger partial charge is 0.231 e. The monoisotopic (exact) mass is 297 g/mol. The molecule has 22 heavy (non-hydrogen) atoms. The maximum atomic E-state index is 5.86. The van der Waals surface area contributed by atoms with E-state index in [1.54, 1.807) is 0 Å². The molecule has 0 spiro atoms. The van der Waals surface area contributed by atoms with Crippen molar-refractivity contribution in [3.8, 4) is 23.0 Å². The van der Waals surface area contributed by atoms with Crippen molar-refractivity contribution in [1.82, 2.24) is 4.98 Å². The number of benzene rings is 2. The maximum Gasteiger partial charge on any atom is 0.231 e. The van der Waals surface area contributed by atoms with E-state index in [1.807, 2.05) is 57.2 Å². The van der Waals surface area contributed by atoms with Crippen LogP contribution in [0.15, 0.2) is 40.8 Å². The lowest BCUT2D eigenvalue weighted by Crippen LogP contribution is -1.97. The van der Waals surface area contributed by atoms with Gasteiger partial charge in [-0.3, -0.25) is 0 Å². The molecule has 0 saturated heterocycles. The fraction of sp³-hybridized carbons (Fsp3) is 0.278. The molecule has 0 amide bonds. The van der Waals surface area contributed by atoms with Crippen LogP contribution < -0.4 is 9.47 Å². The lowest BCUT2D eigenvalue weighted by Gasteiger charge is -2.10. The highest BCUT2D eigenvalue weighted by Gasteiger charge is 2.14. The van der Waals surface area contributed by atoms with Crippen molar-refractivity contribution in [2.75, 3.05) is 13.2 Å². The van der Waals surface area contributed by atoms with Crippen LogP contribution in [0.5, 0.6) is 11.5 Å². The predicted molar refractivity (Wildman–Crippen MR) is 86.5 cm³/mol. The lowest BCUT2D eigenvalue weighted by atomic mass is 10.2. The summed E-state index contributed by atoms with van der Waals surface area (Å²) in [5.41, 5.74) is 3.62. The minimum Gasteiger partial charge on any atom is -0.494 e. The first-order valence-corrected chi connectivity index (χ1v) is 7.48. The molecule has 0 fully saturated rings. The van der Waals surface area contributed by atoms with Crippen molar-refractivity contribution in [3.63, 3.8) is 0 Å². The highest BCUT2D eigenvalue weighted by molar-refractivity contribution is 5.78. The zero-order chi connectivity index (χ0) is 15.5. The van der Waals surface area contributed by atoms with E-state index in [4.69, 9.17) is 13.9 Å². The number of aryl methyl sites for hydroxylation is 1. The highest BCUT2D eigenvalue weighted by Crippen LogP contribution is 2.34. The molecule has 0 saturated carbocycles. The maximum absolute atomic E-state index is 5.86. The predicted octanol–water partition coefficient (Wildman–Crippen LogP) is 4.60. The average molecular weight is 297 g/mol. The quantitative estimate of drug-likeness (QED) is 0.690. The van der Waals surface area contributed by atoms with Crippen LogP contribution in [0.3, 0.4) is 0 Å². The standard InChI is InChI=1S/C18H19NO3/c1-4-20-13-7-8-14(17(11-13)21-5-2)18-19-15-10-12(3)6-9-16(15)22-18/h6-11H,4-5H2,1-3H3. The Bertz CT molecular complexity index is 792. The Kier molecular flexibility index (Phi) is 4.00. The molecule has 0 aliphatic heterocycles. The summed E-state index contributed by atoms with van der Waals surface area (Å²) in [6, 6.07) is 11.7. The normalized spacial score (nSPS) is 10.9. The third-order valence-corrected chi connectivity index (χ3v) is 3.34. The van der Waals surface area contributed by atoms with E-state index in [2.05, 4.69) is 4.98 Å². The van der Waals surface area contributed by atoms with Gasteiger partial charge in [-0.2, -0.15) is 0 Å². The zero-order valence-electron chi connectivity index (χ0n) is 13.1. The summed E-state index contributed by atoms with van der Waals surface area (Å²) in [6.45, 7) is 7.13. The largest absolute Gasteiger partial charge is 0.494 e. The second-order valence-corrected chi connectivity index (χ2v) is 5.01. The van der Waals surface area contributed by atoms with Gasteiger partial charge in [0.1, 0.15) is 17.0 Å². The van der Waals surface area contributed by atoms with Crippen molar-refractivity contribution in [1.29, 1.82) is 0 Å². The van der Waals surface area contributed by atoms with Crippen LogP contribution in [-0.2, 0) is 0 Å². The molecule has 0 aliphatic rings. The number of ether oxygens (including phenoxy) is 2. The molecule has 1 heterocycles. The van der Waals surface area contributed by atoms with Gasteiger partial charge in [-0.25, -0.2) is 4.98 Å². The van der Waals surface area contributed by atoms with Gasteiger partial charge in [-0.15, -0.1) is 0 Å². The van der Waals surface area contributed by atoms with E-state index in [1.165, 1.54) is 0 Å². The lowest BCUT2D eigenvalue weighted by molar-refractivity contribution is 0.323. The first kappa shape index (κ1) is 14.4. The van der Waals surface area contributed by atoms with Crippen molar-refractivity contribution >= 4 is 11.1 Å². The molecule has 0 atom stereocenters. The van der Waals surface area contributed by atoms with Gasteiger partial charge in [0.15, 0.2) is 5.58 Å². The highest BCUT2D eigenvalue weighted by atomic mass is 16.5. The van der Waals surface area contributed by atoms with E-state index in [0.717, 1.165) is 33.7 Å². The first-order chi connectivity index (χ1) is 10.7. The average Bonchev–Trinajstić information content (AvgIpc) is 2.91. The molecule has 4 heteroatoms. The van der Waals surface area contributed by atoms with Crippen LogP contribution >= 0.6 is 0 Å². The van der Waals surface area contributed by atoms with E-state index in [0.29, 0.717) is 19.1 Å². The molecule has 3 rings (SSSR count). The van der Waals surface area contributed by atoms with Gasteiger partial charge in [-0.1, -0.05) is 6.07 Å². The Morgan fingerprint density at radius 2 is 1.82 bits per heavy atom. The second-order valence-electron chi connectivity index (χ2n) is 5.01. The van der Waals surface area contributed by atoms with E-state index < -0.39 is 0 Å². The molecule has 0 aliphatic carbocycles. The van der Waals surface area contributed by atoms with Gasteiger partial charge >= 0.3 is 0 Å². The van der Waals surface area contributed by atoms with Gasteiger partial charge in [0.05, 0.1) is 18.8 Å². The molecular formula is C18H19NO3. The van der Waals surface area contributed by atoms with Crippen molar-refractivity contribution in [3.05, 3.63) is 42.0 Å². The zero-order valence-corrected chi connectivity index (χ0v) is 13.1. The third kappa shape index (κ3) is 2.77. The number of aromatic nitrogens is 1. The first-order valence-electron chi connectivity index (χ1n) is 7.48. The summed E-state index contributed by atoms with van der Waals surface area (Å²) >= 11 is 0. The van der Waals surface area contributed by atoms with Crippen molar-refractivity contribution in [2.45, 2.75) is 20.8 Å². The summed E-state index contributed by atoms with van der Waals surface area (Å²) in [7, 11) is 0. The molecule has 3 aromatic rings. The minimum atomic E-state index is 0.562. The molecule has 0 bridgehead atoms. The van der Waals surface area contributed by atoms with Gasteiger partial charge in [0.2, 0.25) is 5.89 Å². The molecule has 2 aromatic carbocycles. The number of rotatable bonds is 5. The van der Waals surface area contributed by atoms with Crippen molar-refractivity contribution in [2.24, 2.45) is 0 Å². The fourth-order valence-corrected chi connectivity index (χ4v) is 2.36. The molecule has 4 nitrogen and oxygen atoms in total. The molecular weight excluding hydrogens is 278 g/mol. The Morgan fingerprint density at radius 3 is 2.59 bits per heavy atom. The van der Waals surface area contributed by atoms with Crippen LogP contribution in [0.2, 0.25) is 0 Å². The van der Waals surface area contributed by atoms with Gasteiger partial charge in [-0.05, 0) is 50.6 Å². The number of oxazole rings is 1. The minimum absolute atomic E-state index is 0.562. The molecule has 0 N–H and O–H groups in total. The van der Waals surface area contributed by atoms with Gasteiger partial charge in [0, 0.05) is 6.07 Å². The second kappa shape index (κ2) is 6.10. The molecule has 0 unspecified atom stereocenters. The summed E-state index contributed by atoms with van der Waals surface area (Å²) in [5, 5.41) is 0. The van der Waals surface area contributed by atoms with Crippen LogP contribution in [0.4, 0.5) is 0 Å². The molecule has 1 aromatic heterocycles. The topological polar surface area (TPSA) is 44.5 Å². The molecule has 114 valence electrons. The van der Waals surface area contributed by atoms with E-state index >= 15 is 0 Å². The van der Waals surface area contributed by atoms with Crippen LogP contribution in [0.1, 0.15) is 19.4 Å². The third-order valence-electron chi connectivity index (χ3n) is 3.34. The Labute approximate surface area is 129 Å². The Morgan fingerprint density at radius 1 is 1.00 bits per heavy atom. The van der Waals surface area contributed by atoms with E-state index in [9.17, 15) is 0 Å². The van der Waals surface area contributed by atoms with E-state index in [-0.39, 0.29) is 0 Å². The SMILES string of the molecule is CCOc1ccc(-c2nc3cc(C)ccc3o2)c(OCC)c1. The fourth-order valence-electron chi connectivity index (χ4n) is 2.36. The summed E-state index contributed by atoms with van der Waals surface area (Å²) in [4.78, 5) is 4.57. The summed E-state index contributed by atoms with van der Waals surface area (Å²) < 4.78 is 17.1. The number of nitrogens with zero attached hydrogens (tertiary/aromatic N) is 1. The van der Waals surface area contributed by atoms with Gasteiger partial charge in [0.25, 0.3) is 0 Å². The Balaban J connectivity index is 2.07. The summed E-state index contributed by atoms with van der Waals surface area (Å²) in [6.07, 6.45) is 0. The van der Waals surface area contributed by atoms with Crippen LogP contribution in [-0.4, -0.2) is 18.2 Å². The Hall–Kier alpha value is -2.49. The van der Waals surface area contributed by atoms with Gasteiger partial charge < -0.3 is 13.9 Å². The summed E-state index contributed by atoms with van der Waals surface area (Å²) in [5.74, 6) is 2.06. The van der Waals surface area contributed by atoms with Crippen molar-refractivity contribution < 1.29 is 13.9 Å². The number of fused-ring (bicyclic) bond motifs is 1. The number of hydrogen-bond donors (Lipinski definition) is 0. The van der Waals surface area contributed by atoms with Crippen LogP contribution in [0, 0.1) is 6.92 Å². The van der Waals surface area contributed by atoms with Crippen LogP contribution in [0.25, 0.3) is 22.6 Å².